The highest BCUT2D eigenvalue weighted by Gasteiger charge is 2.03. The minimum atomic E-state index is 0.414. The third kappa shape index (κ3) is 3.72. The van der Waals surface area contributed by atoms with Crippen molar-refractivity contribution in [3.63, 3.8) is 0 Å². The molecule has 0 aromatic heterocycles. The summed E-state index contributed by atoms with van der Waals surface area (Å²) in [5, 5.41) is 10.8. The van der Waals surface area contributed by atoms with Gasteiger partial charge in [0.2, 0.25) is 0 Å². The van der Waals surface area contributed by atoms with Crippen LogP contribution in [0, 0.1) is 6.92 Å². The van der Waals surface area contributed by atoms with Gasteiger partial charge in [-0.05, 0) is 47.6 Å². The molecule has 2 N–H and O–H groups in total. The Labute approximate surface area is 151 Å². The number of hydrogen-bond donors (Lipinski definition) is 2. The molecule has 0 radical (unpaired) electrons. The second-order valence-corrected chi connectivity index (χ2v) is 6.12. The zero-order valence-electron chi connectivity index (χ0n) is 13.1. The van der Waals surface area contributed by atoms with Crippen molar-refractivity contribution < 1.29 is 0 Å². The molecule has 0 unspecified atom stereocenters. The largest absolute Gasteiger partial charge is 0.331 e. The zero-order chi connectivity index (χ0) is 16.9. The van der Waals surface area contributed by atoms with E-state index in [1.807, 2.05) is 49.4 Å². The molecule has 3 aromatic rings. The van der Waals surface area contributed by atoms with E-state index < -0.39 is 0 Å². The average molecular weight is 354 g/mol. The molecule has 5 heteroatoms. The summed E-state index contributed by atoms with van der Waals surface area (Å²) in [5.41, 5.74) is 5.67. The van der Waals surface area contributed by atoms with Crippen LogP contribution in [0.2, 0.25) is 5.02 Å². The molecule has 0 heterocycles. The Morgan fingerprint density at radius 3 is 2.67 bits per heavy atom. The third-order valence-electron chi connectivity index (χ3n) is 3.71. The van der Waals surface area contributed by atoms with E-state index in [4.69, 9.17) is 23.8 Å². The van der Waals surface area contributed by atoms with Gasteiger partial charge in [-0.25, -0.2) is 0 Å². The van der Waals surface area contributed by atoms with Gasteiger partial charge in [0.25, 0.3) is 0 Å². The predicted molar refractivity (Wildman–Crippen MR) is 107 cm³/mol. The number of halogens is 1. The molecule has 120 valence electrons. The first-order chi connectivity index (χ1) is 11.6. The zero-order valence-corrected chi connectivity index (χ0v) is 14.7. The maximum absolute atomic E-state index is 6.10. The summed E-state index contributed by atoms with van der Waals surface area (Å²) < 4.78 is 0. The Hall–Kier alpha value is -2.43. The molecule has 0 amide bonds. The maximum Gasteiger partial charge on any atom is 0.191 e. The van der Waals surface area contributed by atoms with Gasteiger partial charge in [-0.2, -0.15) is 5.10 Å². The number of hydrazone groups is 1. The maximum atomic E-state index is 6.10. The van der Waals surface area contributed by atoms with Crippen LogP contribution in [0.4, 0.5) is 5.69 Å². The Morgan fingerprint density at radius 2 is 1.79 bits per heavy atom. The average Bonchev–Trinajstić information content (AvgIpc) is 2.59. The molecule has 0 aliphatic heterocycles. The first kappa shape index (κ1) is 16.4. The molecule has 3 rings (SSSR count). The summed E-state index contributed by atoms with van der Waals surface area (Å²) in [4.78, 5) is 0. The lowest BCUT2D eigenvalue weighted by Crippen LogP contribution is -2.24. The standard InChI is InChI=1S/C19H16ClN3S/c1-13-17(20)10-5-11-18(13)22-19(24)23-21-12-15-8-4-7-14-6-2-3-9-16(14)15/h2-12H,1H3,(H2,22,23,24)/b21-12-. The molecular formula is C19H16ClN3S. The van der Waals surface area contributed by atoms with Gasteiger partial charge in [-0.1, -0.05) is 60.1 Å². The van der Waals surface area contributed by atoms with Crippen molar-refractivity contribution in [1.29, 1.82) is 0 Å². The predicted octanol–water partition coefficient (Wildman–Crippen LogP) is 5.12. The summed E-state index contributed by atoms with van der Waals surface area (Å²) in [7, 11) is 0. The molecular weight excluding hydrogens is 338 g/mol. The van der Waals surface area contributed by atoms with Crippen molar-refractivity contribution in [3.05, 3.63) is 76.8 Å². The lowest BCUT2D eigenvalue weighted by Gasteiger charge is -2.10. The van der Waals surface area contributed by atoms with Crippen LogP contribution >= 0.6 is 23.8 Å². The van der Waals surface area contributed by atoms with Crippen molar-refractivity contribution >= 4 is 51.6 Å². The first-order valence-electron chi connectivity index (χ1n) is 7.48. The molecule has 3 nitrogen and oxygen atoms in total. The number of thiocarbonyl (C=S) groups is 1. The topological polar surface area (TPSA) is 36.4 Å². The van der Waals surface area contributed by atoms with Crippen LogP contribution in [0.15, 0.2) is 65.8 Å². The molecule has 3 aromatic carbocycles. The van der Waals surface area contributed by atoms with Crippen molar-refractivity contribution in [1.82, 2.24) is 5.43 Å². The Kier molecular flexibility index (Phi) is 5.08. The monoisotopic (exact) mass is 353 g/mol. The number of benzene rings is 3. The fraction of sp³-hybridized carbons (Fsp3) is 0.0526. The molecule has 0 saturated carbocycles. The Bertz CT molecular complexity index is 916. The number of fused-ring (bicyclic) bond motifs is 1. The lowest BCUT2D eigenvalue weighted by molar-refractivity contribution is 1.05. The summed E-state index contributed by atoms with van der Waals surface area (Å²) in [5.74, 6) is 0. The van der Waals surface area contributed by atoms with E-state index in [0.29, 0.717) is 10.1 Å². The second kappa shape index (κ2) is 7.43. The number of anilines is 1. The molecule has 24 heavy (non-hydrogen) atoms. The SMILES string of the molecule is Cc1c(Cl)cccc1NC(=S)N/N=C\c1cccc2ccccc12. The van der Waals surface area contributed by atoms with Crippen LogP contribution in [0.3, 0.4) is 0 Å². The molecule has 0 atom stereocenters. The van der Waals surface area contributed by atoms with Crippen LogP contribution < -0.4 is 10.7 Å². The Balaban J connectivity index is 1.69. The van der Waals surface area contributed by atoms with Crippen molar-refractivity contribution in [3.8, 4) is 0 Å². The van der Waals surface area contributed by atoms with Crippen LogP contribution in [0.1, 0.15) is 11.1 Å². The van der Waals surface area contributed by atoms with Gasteiger partial charge >= 0.3 is 0 Å². The van der Waals surface area contributed by atoms with Gasteiger partial charge in [0.1, 0.15) is 0 Å². The summed E-state index contributed by atoms with van der Waals surface area (Å²) >= 11 is 11.4. The number of hydrogen-bond acceptors (Lipinski definition) is 2. The second-order valence-electron chi connectivity index (χ2n) is 5.30. The molecule has 0 aliphatic carbocycles. The highest BCUT2D eigenvalue weighted by molar-refractivity contribution is 7.80. The van der Waals surface area contributed by atoms with Crippen LogP contribution in [-0.4, -0.2) is 11.3 Å². The minimum Gasteiger partial charge on any atom is -0.331 e. The molecule has 0 aliphatic rings. The van der Waals surface area contributed by atoms with Crippen molar-refractivity contribution in [2.45, 2.75) is 6.92 Å². The highest BCUT2D eigenvalue weighted by atomic mass is 35.5. The summed E-state index contributed by atoms with van der Waals surface area (Å²) in [6, 6.07) is 19.9. The van der Waals surface area contributed by atoms with Gasteiger partial charge in [0.15, 0.2) is 5.11 Å². The normalized spacial score (nSPS) is 10.9. The molecule has 0 bridgehead atoms. The number of rotatable bonds is 3. The van der Waals surface area contributed by atoms with Crippen LogP contribution in [0.25, 0.3) is 10.8 Å². The molecule has 0 saturated heterocycles. The van der Waals surface area contributed by atoms with E-state index >= 15 is 0 Å². The van der Waals surface area contributed by atoms with Gasteiger partial charge in [0, 0.05) is 16.3 Å². The van der Waals surface area contributed by atoms with E-state index in [1.54, 1.807) is 6.21 Å². The molecule has 0 spiro atoms. The van der Waals surface area contributed by atoms with E-state index in [2.05, 4.69) is 34.0 Å². The number of nitrogens with zero attached hydrogens (tertiary/aromatic N) is 1. The quantitative estimate of drug-likeness (QED) is 0.389. The summed E-state index contributed by atoms with van der Waals surface area (Å²) in [6.07, 6.45) is 1.77. The number of nitrogens with one attached hydrogen (secondary N) is 2. The van der Waals surface area contributed by atoms with Crippen LogP contribution in [0.5, 0.6) is 0 Å². The molecule has 0 fully saturated rings. The van der Waals surface area contributed by atoms with E-state index in [9.17, 15) is 0 Å². The van der Waals surface area contributed by atoms with Gasteiger partial charge < -0.3 is 5.32 Å². The van der Waals surface area contributed by atoms with E-state index in [-0.39, 0.29) is 0 Å². The van der Waals surface area contributed by atoms with Gasteiger partial charge in [-0.15, -0.1) is 0 Å². The van der Waals surface area contributed by atoms with Crippen molar-refractivity contribution in [2.24, 2.45) is 5.10 Å². The highest BCUT2D eigenvalue weighted by Crippen LogP contribution is 2.22. The minimum absolute atomic E-state index is 0.414. The van der Waals surface area contributed by atoms with Gasteiger partial charge in [0.05, 0.1) is 6.21 Å². The lowest BCUT2D eigenvalue weighted by atomic mass is 10.1. The van der Waals surface area contributed by atoms with Gasteiger partial charge in [-0.3, -0.25) is 5.43 Å². The first-order valence-corrected chi connectivity index (χ1v) is 8.27. The Morgan fingerprint density at radius 1 is 1.04 bits per heavy atom. The smallest absolute Gasteiger partial charge is 0.191 e. The van der Waals surface area contributed by atoms with Crippen LogP contribution in [-0.2, 0) is 0 Å². The summed E-state index contributed by atoms with van der Waals surface area (Å²) in [6.45, 7) is 1.94. The fourth-order valence-corrected chi connectivity index (χ4v) is 2.75. The van der Waals surface area contributed by atoms with Crippen molar-refractivity contribution in [2.75, 3.05) is 5.32 Å². The van der Waals surface area contributed by atoms with E-state index in [1.165, 1.54) is 5.39 Å². The third-order valence-corrected chi connectivity index (χ3v) is 4.31. The van der Waals surface area contributed by atoms with E-state index in [0.717, 1.165) is 22.2 Å². The fourth-order valence-electron chi connectivity index (χ4n) is 2.42.